The summed E-state index contributed by atoms with van der Waals surface area (Å²) < 4.78 is 26.9. The normalized spacial score (nSPS) is 20.8. The molecule has 1 heterocycles. The van der Waals surface area contributed by atoms with E-state index in [9.17, 15) is 13.2 Å². The third-order valence-electron chi connectivity index (χ3n) is 3.59. The summed E-state index contributed by atoms with van der Waals surface area (Å²) in [5.74, 6) is -0.216. The van der Waals surface area contributed by atoms with Gasteiger partial charge in [-0.15, -0.1) is 0 Å². The third-order valence-corrected chi connectivity index (χ3v) is 5.65. The molecular formula is C14H20N2O3S. The number of hydrogen-bond donors (Lipinski definition) is 1. The van der Waals surface area contributed by atoms with Crippen molar-refractivity contribution in [1.82, 2.24) is 9.62 Å². The van der Waals surface area contributed by atoms with Gasteiger partial charge in [-0.1, -0.05) is 24.6 Å². The lowest BCUT2D eigenvalue weighted by atomic mass is 10.2. The minimum Gasteiger partial charge on any atom is -0.353 e. The Kier molecular flexibility index (Phi) is 4.15. The molecule has 6 heteroatoms. The van der Waals surface area contributed by atoms with Crippen LogP contribution in [-0.2, 0) is 14.8 Å². The second kappa shape index (κ2) is 5.54. The number of rotatable bonds is 3. The number of nitrogens with one attached hydrogen (secondary N) is 1. The number of piperazine rings is 1. The number of benzene rings is 1. The molecule has 0 aromatic heterocycles. The Balaban J connectivity index is 2.45. The zero-order chi connectivity index (χ0) is 14.9. The van der Waals surface area contributed by atoms with Crippen LogP contribution in [0.4, 0.5) is 0 Å². The summed E-state index contributed by atoms with van der Waals surface area (Å²) in [7, 11) is -3.63. The SMILES string of the molecule is CCC1C(=O)NCCN1S(=O)(=O)c1ccc(C)cc1C. The first-order valence-corrected chi connectivity index (χ1v) is 8.18. The average molecular weight is 296 g/mol. The molecule has 1 aromatic rings. The van der Waals surface area contributed by atoms with Crippen LogP contribution in [0.3, 0.4) is 0 Å². The van der Waals surface area contributed by atoms with Crippen LogP contribution in [0.25, 0.3) is 0 Å². The minimum absolute atomic E-state index is 0.216. The predicted octanol–water partition coefficient (Wildman–Crippen LogP) is 1.20. The molecule has 20 heavy (non-hydrogen) atoms. The largest absolute Gasteiger partial charge is 0.353 e. The molecule has 0 radical (unpaired) electrons. The first kappa shape index (κ1) is 15.0. The first-order chi connectivity index (χ1) is 9.37. The van der Waals surface area contributed by atoms with Gasteiger partial charge in [0.15, 0.2) is 0 Å². The molecule has 0 aliphatic carbocycles. The van der Waals surface area contributed by atoms with E-state index in [1.807, 2.05) is 19.9 Å². The summed E-state index contributed by atoms with van der Waals surface area (Å²) in [6.07, 6.45) is 0.468. The van der Waals surface area contributed by atoms with Gasteiger partial charge in [0.25, 0.3) is 0 Å². The van der Waals surface area contributed by atoms with E-state index < -0.39 is 16.1 Å². The van der Waals surface area contributed by atoms with Crippen molar-refractivity contribution in [3.8, 4) is 0 Å². The van der Waals surface area contributed by atoms with Crippen LogP contribution in [0.5, 0.6) is 0 Å². The lowest BCUT2D eigenvalue weighted by Gasteiger charge is -2.33. The van der Waals surface area contributed by atoms with Gasteiger partial charge in [-0.25, -0.2) is 8.42 Å². The van der Waals surface area contributed by atoms with Crippen molar-refractivity contribution in [3.63, 3.8) is 0 Å². The summed E-state index contributed by atoms with van der Waals surface area (Å²) in [5, 5.41) is 2.72. The van der Waals surface area contributed by atoms with Crippen molar-refractivity contribution >= 4 is 15.9 Å². The smallest absolute Gasteiger partial charge is 0.244 e. The molecule has 1 atom stereocenters. The van der Waals surface area contributed by atoms with Gasteiger partial charge in [-0.05, 0) is 31.9 Å². The fourth-order valence-electron chi connectivity index (χ4n) is 2.59. The topological polar surface area (TPSA) is 66.5 Å². The third kappa shape index (κ3) is 2.58. The molecule has 1 unspecified atom stereocenters. The Hall–Kier alpha value is -1.40. The lowest BCUT2D eigenvalue weighted by Crippen LogP contribution is -2.56. The van der Waals surface area contributed by atoms with Crippen molar-refractivity contribution in [2.45, 2.75) is 38.1 Å². The van der Waals surface area contributed by atoms with Gasteiger partial charge in [0.1, 0.15) is 6.04 Å². The van der Waals surface area contributed by atoms with E-state index in [1.165, 1.54) is 4.31 Å². The van der Waals surface area contributed by atoms with Crippen molar-refractivity contribution < 1.29 is 13.2 Å². The summed E-state index contributed by atoms with van der Waals surface area (Å²) >= 11 is 0. The van der Waals surface area contributed by atoms with Crippen LogP contribution >= 0.6 is 0 Å². The monoisotopic (exact) mass is 296 g/mol. The molecule has 0 saturated carbocycles. The molecule has 1 aromatic carbocycles. The number of nitrogens with zero attached hydrogens (tertiary/aromatic N) is 1. The molecule has 1 aliphatic heterocycles. The maximum absolute atomic E-state index is 12.8. The van der Waals surface area contributed by atoms with Gasteiger partial charge >= 0.3 is 0 Å². The van der Waals surface area contributed by atoms with E-state index in [2.05, 4.69) is 5.32 Å². The van der Waals surface area contributed by atoms with Gasteiger partial charge in [0.05, 0.1) is 4.90 Å². The van der Waals surface area contributed by atoms with E-state index in [0.29, 0.717) is 25.1 Å². The number of hydrogen-bond acceptors (Lipinski definition) is 3. The molecule has 1 saturated heterocycles. The number of amides is 1. The standard InChI is InChI=1S/C14H20N2O3S/c1-4-12-14(17)15-7-8-16(12)20(18,19)13-6-5-10(2)9-11(13)3/h5-6,9,12H,4,7-8H2,1-3H3,(H,15,17). The number of carbonyl (C=O) groups is 1. The van der Waals surface area contributed by atoms with E-state index in [0.717, 1.165) is 5.56 Å². The second-order valence-electron chi connectivity index (χ2n) is 5.10. The van der Waals surface area contributed by atoms with Crippen LogP contribution in [0.15, 0.2) is 23.1 Å². The van der Waals surface area contributed by atoms with Crippen molar-refractivity contribution in [2.75, 3.05) is 13.1 Å². The zero-order valence-corrected chi connectivity index (χ0v) is 12.8. The quantitative estimate of drug-likeness (QED) is 0.911. The number of aryl methyl sites for hydroxylation is 2. The van der Waals surface area contributed by atoms with Crippen LogP contribution in [-0.4, -0.2) is 37.8 Å². The first-order valence-electron chi connectivity index (χ1n) is 6.74. The molecule has 0 bridgehead atoms. The number of sulfonamides is 1. The summed E-state index contributed by atoms with van der Waals surface area (Å²) in [6.45, 7) is 6.21. The molecule has 1 amide bonds. The van der Waals surface area contributed by atoms with Crippen LogP contribution in [0.2, 0.25) is 0 Å². The average Bonchev–Trinajstić information content (AvgIpc) is 2.37. The highest BCUT2D eigenvalue weighted by Gasteiger charge is 2.37. The molecule has 5 nitrogen and oxygen atoms in total. The van der Waals surface area contributed by atoms with E-state index in [-0.39, 0.29) is 10.8 Å². The highest BCUT2D eigenvalue weighted by Crippen LogP contribution is 2.24. The Labute approximate surface area is 120 Å². The molecule has 1 fully saturated rings. The lowest BCUT2D eigenvalue weighted by molar-refractivity contribution is -0.126. The summed E-state index contributed by atoms with van der Waals surface area (Å²) in [4.78, 5) is 12.1. The Morgan fingerprint density at radius 2 is 2.05 bits per heavy atom. The maximum Gasteiger partial charge on any atom is 0.244 e. The van der Waals surface area contributed by atoms with Gasteiger partial charge in [0.2, 0.25) is 15.9 Å². The second-order valence-corrected chi connectivity index (χ2v) is 6.96. The van der Waals surface area contributed by atoms with Crippen LogP contribution in [0.1, 0.15) is 24.5 Å². The maximum atomic E-state index is 12.8. The molecular weight excluding hydrogens is 276 g/mol. The fraction of sp³-hybridized carbons (Fsp3) is 0.500. The molecule has 0 spiro atoms. The summed E-state index contributed by atoms with van der Waals surface area (Å²) in [6, 6.07) is 4.64. The molecule has 2 rings (SSSR count). The Bertz CT molecular complexity index is 625. The Morgan fingerprint density at radius 1 is 1.35 bits per heavy atom. The zero-order valence-electron chi connectivity index (χ0n) is 12.0. The fourth-order valence-corrected chi connectivity index (χ4v) is 4.46. The van der Waals surface area contributed by atoms with Gasteiger partial charge in [-0.3, -0.25) is 4.79 Å². The van der Waals surface area contributed by atoms with E-state index >= 15 is 0 Å². The van der Waals surface area contributed by atoms with Crippen molar-refractivity contribution in [3.05, 3.63) is 29.3 Å². The minimum atomic E-state index is -3.63. The van der Waals surface area contributed by atoms with Crippen molar-refractivity contribution in [1.29, 1.82) is 0 Å². The van der Waals surface area contributed by atoms with Gasteiger partial charge < -0.3 is 5.32 Å². The predicted molar refractivity (Wildman–Crippen MR) is 76.9 cm³/mol. The highest BCUT2D eigenvalue weighted by molar-refractivity contribution is 7.89. The van der Waals surface area contributed by atoms with Gasteiger partial charge in [-0.2, -0.15) is 4.31 Å². The van der Waals surface area contributed by atoms with Crippen LogP contribution < -0.4 is 5.32 Å². The van der Waals surface area contributed by atoms with Crippen LogP contribution in [0, 0.1) is 13.8 Å². The Morgan fingerprint density at radius 3 is 2.65 bits per heavy atom. The molecule has 1 N–H and O–H groups in total. The number of carbonyl (C=O) groups excluding carboxylic acids is 1. The molecule has 110 valence electrons. The molecule has 1 aliphatic rings. The highest BCUT2D eigenvalue weighted by atomic mass is 32.2. The summed E-state index contributed by atoms with van der Waals surface area (Å²) in [5.41, 5.74) is 1.73. The van der Waals surface area contributed by atoms with E-state index in [4.69, 9.17) is 0 Å². The van der Waals surface area contributed by atoms with Gasteiger partial charge in [0, 0.05) is 13.1 Å². The van der Waals surface area contributed by atoms with Crippen molar-refractivity contribution in [2.24, 2.45) is 0 Å². The van der Waals surface area contributed by atoms with E-state index in [1.54, 1.807) is 19.1 Å².